The van der Waals surface area contributed by atoms with Gasteiger partial charge in [-0.05, 0) is 40.5 Å². The Morgan fingerprint density at radius 2 is 2.16 bits per heavy atom. The number of carboxylic acid groups (broad SMARTS) is 1. The number of pyridine rings is 1. The minimum atomic E-state index is -1.33. The Morgan fingerprint density at radius 1 is 1.42 bits per heavy atom. The smallest absolute Gasteiger partial charge is 0.338 e. The van der Waals surface area contributed by atoms with Gasteiger partial charge in [-0.3, -0.25) is 0 Å². The average molecular weight is 325 g/mol. The normalized spacial score (nSPS) is 10.3. The first kappa shape index (κ1) is 13.5. The van der Waals surface area contributed by atoms with E-state index in [1.165, 1.54) is 6.20 Å². The molecule has 4 nitrogen and oxygen atoms in total. The summed E-state index contributed by atoms with van der Waals surface area (Å²) in [5, 5.41) is 11.6. The number of aryl methyl sites for hydroxylation is 1. The van der Waals surface area contributed by atoms with Crippen LogP contribution in [0.25, 0.3) is 0 Å². The fraction of sp³-hybridized carbons (Fsp3) is 0.0769. The van der Waals surface area contributed by atoms with Gasteiger partial charge >= 0.3 is 5.97 Å². The molecule has 0 radical (unpaired) electrons. The Labute approximate surface area is 117 Å². The molecule has 1 aromatic heterocycles. The molecule has 1 heterocycles. The summed E-state index contributed by atoms with van der Waals surface area (Å²) in [6.45, 7) is 1.90. The van der Waals surface area contributed by atoms with Crippen molar-refractivity contribution >= 4 is 33.4 Å². The Hall–Kier alpha value is -1.95. The van der Waals surface area contributed by atoms with Crippen LogP contribution in [-0.2, 0) is 0 Å². The second kappa shape index (κ2) is 5.36. The van der Waals surface area contributed by atoms with Crippen LogP contribution in [0.5, 0.6) is 0 Å². The van der Waals surface area contributed by atoms with Gasteiger partial charge in [0, 0.05) is 10.7 Å². The second-order valence-corrected chi connectivity index (χ2v) is 4.68. The number of hydrogen-bond acceptors (Lipinski definition) is 3. The lowest BCUT2D eigenvalue weighted by Gasteiger charge is -2.11. The molecule has 19 heavy (non-hydrogen) atoms. The molecule has 0 atom stereocenters. The van der Waals surface area contributed by atoms with Gasteiger partial charge in [-0.2, -0.15) is 0 Å². The molecule has 0 aliphatic rings. The highest BCUT2D eigenvalue weighted by molar-refractivity contribution is 9.10. The molecule has 2 aromatic rings. The number of benzene rings is 1. The molecule has 0 bridgehead atoms. The van der Waals surface area contributed by atoms with Crippen LogP contribution in [0.4, 0.5) is 15.9 Å². The van der Waals surface area contributed by atoms with Gasteiger partial charge in [-0.25, -0.2) is 14.2 Å². The highest BCUT2D eigenvalue weighted by Gasteiger charge is 2.15. The summed E-state index contributed by atoms with van der Waals surface area (Å²) in [5.41, 5.74) is 1.18. The highest BCUT2D eigenvalue weighted by atomic mass is 79.9. The quantitative estimate of drug-likeness (QED) is 0.902. The van der Waals surface area contributed by atoms with E-state index in [9.17, 15) is 9.18 Å². The maximum atomic E-state index is 13.9. The van der Waals surface area contributed by atoms with E-state index in [2.05, 4.69) is 26.2 Å². The largest absolute Gasteiger partial charge is 0.478 e. The van der Waals surface area contributed by atoms with Crippen molar-refractivity contribution in [2.45, 2.75) is 6.92 Å². The van der Waals surface area contributed by atoms with Crippen molar-refractivity contribution in [3.8, 4) is 0 Å². The van der Waals surface area contributed by atoms with Gasteiger partial charge in [0.05, 0.1) is 5.69 Å². The van der Waals surface area contributed by atoms with E-state index in [0.717, 1.165) is 16.1 Å². The minimum Gasteiger partial charge on any atom is -0.478 e. The van der Waals surface area contributed by atoms with Gasteiger partial charge in [-0.15, -0.1) is 0 Å². The summed E-state index contributed by atoms with van der Waals surface area (Å²) < 4.78 is 14.7. The number of hydrogen-bond donors (Lipinski definition) is 2. The Balaban J connectivity index is 2.42. The zero-order valence-electron chi connectivity index (χ0n) is 9.95. The van der Waals surface area contributed by atoms with E-state index >= 15 is 0 Å². The van der Waals surface area contributed by atoms with Crippen molar-refractivity contribution in [2.24, 2.45) is 0 Å². The van der Waals surface area contributed by atoms with Crippen LogP contribution in [0, 0.1) is 12.7 Å². The molecule has 6 heteroatoms. The van der Waals surface area contributed by atoms with Crippen LogP contribution in [0.3, 0.4) is 0 Å². The topological polar surface area (TPSA) is 62.2 Å². The molecule has 0 fully saturated rings. The van der Waals surface area contributed by atoms with E-state index in [4.69, 9.17) is 5.11 Å². The van der Waals surface area contributed by atoms with Crippen molar-refractivity contribution in [1.82, 2.24) is 4.98 Å². The summed E-state index contributed by atoms with van der Waals surface area (Å²) >= 11 is 3.38. The molecule has 0 saturated carbocycles. The molecule has 0 saturated heterocycles. The average Bonchev–Trinajstić information content (AvgIpc) is 2.37. The van der Waals surface area contributed by atoms with Crippen LogP contribution in [0.15, 0.2) is 34.9 Å². The predicted molar refractivity (Wildman–Crippen MR) is 73.3 cm³/mol. The lowest BCUT2D eigenvalue weighted by Crippen LogP contribution is -2.06. The lowest BCUT2D eigenvalue weighted by atomic mass is 10.2. The van der Waals surface area contributed by atoms with Gasteiger partial charge in [0.25, 0.3) is 0 Å². The number of rotatable bonds is 3. The first-order chi connectivity index (χ1) is 9.00. The summed E-state index contributed by atoms with van der Waals surface area (Å²) in [6, 6.07) is 6.56. The van der Waals surface area contributed by atoms with Crippen LogP contribution < -0.4 is 5.32 Å². The fourth-order valence-corrected chi connectivity index (χ4v) is 1.93. The third kappa shape index (κ3) is 2.73. The molecule has 0 unspecified atom stereocenters. The molecule has 2 N–H and O–H groups in total. The zero-order valence-corrected chi connectivity index (χ0v) is 11.5. The number of nitrogens with one attached hydrogen (secondary N) is 1. The van der Waals surface area contributed by atoms with Crippen molar-refractivity contribution in [2.75, 3.05) is 5.32 Å². The molecule has 0 spiro atoms. The molecule has 1 aromatic carbocycles. The molecule has 0 amide bonds. The molecule has 2 rings (SSSR count). The number of anilines is 2. The number of halogens is 2. The van der Waals surface area contributed by atoms with Crippen LogP contribution in [-0.4, -0.2) is 16.1 Å². The van der Waals surface area contributed by atoms with E-state index in [-0.39, 0.29) is 5.82 Å². The van der Waals surface area contributed by atoms with Crippen molar-refractivity contribution in [3.05, 3.63) is 51.9 Å². The van der Waals surface area contributed by atoms with E-state index in [0.29, 0.717) is 5.69 Å². The molecule has 0 aliphatic carbocycles. The zero-order chi connectivity index (χ0) is 14.0. The highest BCUT2D eigenvalue weighted by Crippen LogP contribution is 2.29. The molecule has 0 aliphatic heterocycles. The van der Waals surface area contributed by atoms with Crippen LogP contribution in [0.1, 0.15) is 15.9 Å². The van der Waals surface area contributed by atoms with Gasteiger partial charge in [0.15, 0.2) is 11.6 Å². The SMILES string of the molecule is Cc1cccc(Nc2nccc(C(=O)O)c2F)c1Br. The van der Waals surface area contributed by atoms with Gasteiger partial charge in [-0.1, -0.05) is 12.1 Å². The monoisotopic (exact) mass is 324 g/mol. The minimum absolute atomic E-state index is 0.119. The molecule has 98 valence electrons. The van der Waals surface area contributed by atoms with Crippen LogP contribution in [0.2, 0.25) is 0 Å². The number of aromatic nitrogens is 1. The second-order valence-electron chi connectivity index (χ2n) is 3.89. The Morgan fingerprint density at radius 3 is 2.84 bits per heavy atom. The number of aromatic carboxylic acids is 1. The lowest BCUT2D eigenvalue weighted by molar-refractivity contribution is 0.0692. The summed E-state index contributed by atoms with van der Waals surface area (Å²) in [7, 11) is 0. The maximum Gasteiger partial charge on any atom is 0.338 e. The number of nitrogens with zero attached hydrogens (tertiary/aromatic N) is 1. The maximum absolute atomic E-state index is 13.9. The Bertz CT molecular complexity index is 647. The first-order valence-electron chi connectivity index (χ1n) is 5.40. The standard InChI is InChI=1S/C13H10BrFN2O2/c1-7-3-2-4-9(10(7)14)17-12-11(15)8(13(18)19)5-6-16-12/h2-6H,1H3,(H,16,17)(H,18,19). The molecular weight excluding hydrogens is 315 g/mol. The summed E-state index contributed by atoms with van der Waals surface area (Å²) in [4.78, 5) is 14.7. The van der Waals surface area contributed by atoms with Crippen molar-refractivity contribution in [1.29, 1.82) is 0 Å². The summed E-state index contributed by atoms with van der Waals surface area (Å²) in [6.07, 6.45) is 1.25. The molecular formula is C13H10BrFN2O2. The van der Waals surface area contributed by atoms with E-state index in [1.807, 2.05) is 13.0 Å². The van der Waals surface area contributed by atoms with E-state index < -0.39 is 17.3 Å². The first-order valence-corrected chi connectivity index (χ1v) is 6.20. The third-order valence-electron chi connectivity index (χ3n) is 2.56. The van der Waals surface area contributed by atoms with E-state index in [1.54, 1.807) is 12.1 Å². The number of carboxylic acids is 1. The van der Waals surface area contributed by atoms with Gasteiger partial charge in [0.2, 0.25) is 0 Å². The predicted octanol–water partition coefficient (Wildman–Crippen LogP) is 3.73. The number of carbonyl (C=O) groups is 1. The fourth-order valence-electron chi connectivity index (χ4n) is 1.57. The van der Waals surface area contributed by atoms with Crippen LogP contribution >= 0.6 is 15.9 Å². The van der Waals surface area contributed by atoms with Crippen molar-refractivity contribution in [3.63, 3.8) is 0 Å². The van der Waals surface area contributed by atoms with Crippen molar-refractivity contribution < 1.29 is 14.3 Å². The van der Waals surface area contributed by atoms with Gasteiger partial charge < -0.3 is 10.4 Å². The third-order valence-corrected chi connectivity index (χ3v) is 3.62. The Kier molecular flexibility index (Phi) is 3.80. The summed E-state index contributed by atoms with van der Waals surface area (Å²) in [5.74, 6) is -2.33. The van der Waals surface area contributed by atoms with Gasteiger partial charge in [0.1, 0.15) is 5.56 Å².